The molecule has 0 bridgehead atoms. The molecule has 0 saturated carbocycles. The van der Waals surface area contributed by atoms with Gasteiger partial charge in [-0.05, 0) is 46.6 Å². The van der Waals surface area contributed by atoms with Crippen LogP contribution in [0.15, 0.2) is 24.3 Å². The second kappa shape index (κ2) is 6.48. The van der Waals surface area contributed by atoms with Gasteiger partial charge in [0.25, 0.3) is 0 Å². The van der Waals surface area contributed by atoms with E-state index >= 15 is 0 Å². The molecule has 1 N–H and O–H groups in total. The van der Waals surface area contributed by atoms with Crippen LogP contribution in [0, 0.1) is 9.49 Å². The van der Waals surface area contributed by atoms with Gasteiger partial charge in [0.15, 0.2) is 0 Å². The van der Waals surface area contributed by atoms with Crippen LogP contribution in [0.25, 0.3) is 0 Å². The van der Waals surface area contributed by atoms with E-state index in [-0.39, 0.29) is 6.10 Å². The number of benzene rings is 1. The standard InChI is InChI=1S/C13H19IO/c1-3-6-10(2)9-13(15)11-7-4-5-8-12(11)14/h4-5,7-8,10,13,15H,3,6,9H2,1-2H3. The first-order chi connectivity index (χ1) is 7.15. The third-order valence-corrected chi connectivity index (χ3v) is 3.65. The maximum atomic E-state index is 10.1. The second-order valence-electron chi connectivity index (χ2n) is 4.17. The fraction of sp³-hybridized carbons (Fsp3) is 0.538. The summed E-state index contributed by atoms with van der Waals surface area (Å²) in [6, 6.07) is 8.06. The van der Waals surface area contributed by atoms with Gasteiger partial charge in [-0.1, -0.05) is 44.9 Å². The van der Waals surface area contributed by atoms with Crippen molar-refractivity contribution in [1.82, 2.24) is 0 Å². The molecule has 0 aliphatic carbocycles. The van der Waals surface area contributed by atoms with Gasteiger partial charge in [0.1, 0.15) is 0 Å². The zero-order chi connectivity index (χ0) is 11.3. The summed E-state index contributed by atoms with van der Waals surface area (Å²) in [5, 5.41) is 10.1. The molecular weight excluding hydrogens is 299 g/mol. The smallest absolute Gasteiger partial charge is 0.0802 e. The van der Waals surface area contributed by atoms with Gasteiger partial charge in [0, 0.05) is 3.57 Å². The zero-order valence-corrected chi connectivity index (χ0v) is 11.6. The van der Waals surface area contributed by atoms with Gasteiger partial charge in [-0.25, -0.2) is 0 Å². The number of rotatable bonds is 5. The Bertz CT molecular complexity index is 298. The van der Waals surface area contributed by atoms with Crippen LogP contribution in [-0.2, 0) is 0 Å². The maximum absolute atomic E-state index is 10.1. The predicted octanol–water partition coefficient (Wildman–Crippen LogP) is 4.15. The van der Waals surface area contributed by atoms with Crippen molar-refractivity contribution in [1.29, 1.82) is 0 Å². The lowest BCUT2D eigenvalue weighted by molar-refractivity contribution is 0.144. The van der Waals surface area contributed by atoms with Crippen molar-refractivity contribution in [2.75, 3.05) is 0 Å². The topological polar surface area (TPSA) is 20.2 Å². The van der Waals surface area contributed by atoms with Gasteiger partial charge in [-0.15, -0.1) is 0 Å². The number of aliphatic hydroxyl groups is 1. The van der Waals surface area contributed by atoms with Crippen LogP contribution in [0.2, 0.25) is 0 Å². The van der Waals surface area contributed by atoms with Crippen molar-refractivity contribution in [2.45, 2.75) is 39.2 Å². The molecule has 0 fully saturated rings. The minimum absolute atomic E-state index is 0.306. The van der Waals surface area contributed by atoms with E-state index in [0.29, 0.717) is 5.92 Å². The lowest BCUT2D eigenvalue weighted by atomic mass is 9.95. The van der Waals surface area contributed by atoms with Gasteiger partial charge >= 0.3 is 0 Å². The molecule has 1 aromatic rings. The van der Waals surface area contributed by atoms with E-state index in [4.69, 9.17) is 0 Å². The van der Waals surface area contributed by atoms with Gasteiger partial charge in [-0.2, -0.15) is 0 Å². The Hall–Kier alpha value is -0.0900. The van der Waals surface area contributed by atoms with Gasteiger partial charge < -0.3 is 5.11 Å². The third kappa shape index (κ3) is 4.11. The molecule has 0 aromatic heterocycles. The first-order valence-corrected chi connectivity index (χ1v) is 6.65. The first kappa shape index (κ1) is 13.0. The number of halogens is 1. The summed E-state index contributed by atoms with van der Waals surface area (Å²) in [5.74, 6) is 0.598. The van der Waals surface area contributed by atoms with Gasteiger partial charge in [-0.3, -0.25) is 0 Å². The van der Waals surface area contributed by atoms with E-state index in [1.54, 1.807) is 0 Å². The highest BCUT2D eigenvalue weighted by Gasteiger charge is 2.13. The Balaban J connectivity index is 2.61. The van der Waals surface area contributed by atoms with Crippen molar-refractivity contribution in [2.24, 2.45) is 5.92 Å². The van der Waals surface area contributed by atoms with Crippen LogP contribution in [0.1, 0.15) is 44.8 Å². The van der Waals surface area contributed by atoms with E-state index in [9.17, 15) is 5.11 Å². The fourth-order valence-electron chi connectivity index (χ4n) is 1.86. The SMILES string of the molecule is CCCC(C)CC(O)c1ccccc1I. The minimum Gasteiger partial charge on any atom is -0.388 e. The monoisotopic (exact) mass is 318 g/mol. The van der Waals surface area contributed by atoms with E-state index in [0.717, 1.165) is 15.6 Å². The van der Waals surface area contributed by atoms with Gasteiger partial charge in [0.2, 0.25) is 0 Å². The average Bonchev–Trinajstić information content (AvgIpc) is 2.18. The Morgan fingerprint density at radius 1 is 1.33 bits per heavy atom. The van der Waals surface area contributed by atoms with Crippen molar-refractivity contribution in [3.8, 4) is 0 Å². The predicted molar refractivity (Wildman–Crippen MR) is 72.8 cm³/mol. The third-order valence-electron chi connectivity index (χ3n) is 2.67. The Kier molecular flexibility index (Phi) is 5.61. The first-order valence-electron chi connectivity index (χ1n) is 5.57. The average molecular weight is 318 g/mol. The van der Waals surface area contributed by atoms with E-state index in [1.165, 1.54) is 12.8 Å². The summed E-state index contributed by atoms with van der Waals surface area (Å²) in [6.07, 6.45) is 2.95. The van der Waals surface area contributed by atoms with E-state index in [1.807, 2.05) is 24.3 Å². The minimum atomic E-state index is -0.306. The molecule has 15 heavy (non-hydrogen) atoms. The number of hydrogen-bond donors (Lipinski definition) is 1. The molecule has 0 aliphatic heterocycles. The van der Waals surface area contributed by atoms with Crippen LogP contribution in [0.5, 0.6) is 0 Å². The molecule has 0 heterocycles. The quantitative estimate of drug-likeness (QED) is 0.809. The summed E-state index contributed by atoms with van der Waals surface area (Å²) in [6.45, 7) is 4.40. The lowest BCUT2D eigenvalue weighted by Crippen LogP contribution is -2.05. The highest BCUT2D eigenvalue weighted by atomic mass is 127. The highest BCUT2D eigenvalue weighted by molar-refractivity contribution is 14.1. The van der Waals surface area contributed by atoms with Crippen molar-refractivity contribution in [3.05, 3.63) is 33.4 Å². The second-order valence-corrected chi connectivity index (χ2v) is 5.33. The Morgan fingerprint density at radius 2 is 2.00 bits per heavy atom. The molecule has 2 unspecified atom stereocenters. The van der Waals surface area contributed by atoms with Crippen LogP contribution < -0.4 is 0 Å². The molecule has 0 spiro atoms. The Morgan fingerprint density at radius 3 is 2.60 bits per heavy atom. The summed E-state index contributed by atoms with van der Waals surface area (Å²) in [7, 11) is 0. The Labute approximate surface area is 106 Å². The van der Waals surface area contributed by atoms with Crippen LogP contribution in [-0.4, -0.2) is 5.11 Å². The highest BCUT2D eigenvalue weighted by Crippen LogP contribution is 2.26. The molecular formula is C13H19IO. The molecule has 0 aliphatic rings. The summed E-state index contributed by atoms with van der Waals surface area (Å²) in [4.78, 5) is 0. The van der Waals surface area contributed by atoms with Gasteiger partial charge in [0.05, 0.1) is 6.10 Å². The summed E-state index contributed by atoms with van der Waals surface area (Å²) < 4.78 is 1.16. The summed E-state index contributed by atoms with van der Waals surface area (Å²) in [5.41, 5.74) is 1.07. The number of aliphatic hydroxyl groups excluding tert-OH is 1. The van der Waals surface area contributed by atoms with Crippen LogP contribution in [0.3, 0.4) is 0 Å². The molecule has 1 aromatic carbocycles. The molecule has 0 saturated heterocycles. The molecule has 2 atom stereocenters. The fourth-order valence-corrected chi connectivity index (χ4v) is 2.61. The van der Waals surface area contributed by atoms with E-state index < -0.39 is 0 Å². The van der Waals surface area contributed by atoms with Crippen molar-refractivity contribution in [3.63, 3.8) is 0 Å². The molecule has 2 heteroatoms. The lowest BCUT2D eigenvalue weighted by Gasteiger charge is -2.17. The van der Waals surface area contributed by atoms with Crippen LogP contribution >= 0.6 is 22.6 Å². The van der Waals surface area contributed by atoms with Crippen LogP contribution in [0.4, 0.5) is 0 Å². The van der Waals surface area contributed by atoms with Crippen molar-refractivity contribution >= 4 is 22.6 Å². The molecule has 1 nitrogen and oxygen atoms in total. The maximum Gasteiger partial charge on any atom is 0.0802 e. The van der Waals surface area contributed by atoms with Crippen molar-refractivity contribution < 1.29 is 5.11 Å². The normalized spacial score (nSPS) is 14.9. The molecule has 0 radical (unpaired) electrons. The van der Waals surface area contributed by atoms with E-state index in [2.05, 4.69) is 36.4 Å². The summed E-state index contributed by atoms with van der Waals surface area (Å²) >= 11 is 2.28. The zero-order valence-electron chi connectivity index (χ0n) is 9.41. The molecule has 84 valence electrons. The number of hydrogen-bond acceptors (Lipinski definition) is 1. The molecule has 0 amide bonds. The molecule has 1 rings (SSSR count). The largest absolute Gasteiger partial charge is 0.388 e.